The Hall–Kier alpha value is -2.45. The van der Waals surface area contributed by atoms with Crippen LogP contribution in [0.4, 0.5) is 5.69 Å². The van der Waals surface area contributed by atoms with E-state index in [1.165, 1.54) is 11.3 Å². The number of unbranched alkanes of at least 4 members (excludes halogenated alkanes) is 2. The summed E-state index contributed by atoms with van der Waals surface area (Å²) in [5.41, 5.74) is 2.61. The fraction of sp³-hybridized carbons (Fsp3) is 0.667. The molecule has 8 nitrogen and oxygen atoms in total. The second-order valence-electron chi connectivity index (χ2n) is 9.85. The number of carbonyl (C=O) groups is 3. The van der Waals surface area contributed by atoms with Crippen molar-refractivity contribution in [3.05, 3.63) is 29.8 Å². The number of carbonyl (C=O) groups excluding carboxylic acids is 3. The zero-order valence-corrected chi connectivity index (χ0v) is 21.6. The van der Waals surface area contributed by atoms with Gasteiger partial charge in [0.15, 0.2) is 0 Å². The van der Waals surface area contributed by atoms with Gasteiger partial charge in [0.05, 0.1) is 6.54 Å². The lowest BCUT2D eigenvalue weighted by Crippen LogP contribution is -2.52. The molecule has 0 saturated carbocycles. The molecule has 1 fully saturated rings. The summed E-state index contributed by atoms with van der Waals surface area (Å²) in [6, 6.07) is 7.87. The number of fused-ring (bicyclic) bond motifs is 1. The number of anilines is 1. The number of benzene rings is 1. The second kappa shape index (κ2) is 14.2. The Morgan fingerprint density at radius 1 is 1.00 bits per heavy atom. The summed E-state index contributed by atoms with van der Waals surface area (Å²) in [6.07, 6.45) is 5.33. The summed E-state index contributed by atoms with van der Waals surface area (Å²) in [5.74, 6) is 0.0708. The molecule has 0 spiro atoms. The maximum Gasteiger partial charge on any atom is 0.242 e. The first-order valence-corrected chi connectivity index (χ1v) is 13.3. The lowest BCUT2D eigenvalue weighted by atomic mass is 10.0. The summed E-state index contributed by atoms with van der Waals surface area (Å²) in [4.78, 5) is 44.0. The van der Waals surface area contributed by atoms with Crippen LogP contribution in [0.5, 0.6) is 0 Å². The number of nitrogens with zero attached hydrogens (tertiary/aromatic N) is 3. The summed E-state index contributed by atoms with van der Waals surface area (Å²) < 4.78 is 0. The van der Waals surface area contributed by atoms with E-state index in [0.717, 1.165) is 65.0 Å². The monoisotopic (exact) mass is 485 g/mol. The standard InChI is InChI=1S/C27H43N5O3/c1-3-23(33)10-5-4-6-11-24(29-26(34)21-31-19-17-30(2)18-20-31)27(35)28-14-16-32-15-13-22-9-7-8-12-25(22)32/h7-9,12,24H,3-6,10-11,13-21H2,1-2H3,(H,28,35)(H,29,34)/t24-/m0/s1. The van der Waals surface area contributed by atoms with Gasteiger partial charge in [0.1, 0.15) is 11.8 Å². The number of nitrogens with one attached hydrogen (secondary N) is 2. The van der Waals surface area contributed by atoms with Gasteiger partial charge in [-0.2, -0.15) is 0 Å². The lowest BCUT2D eigenvalue weighted by Gasteiger charge is -2.32. The number of amides is 2. The summed E-state index contributed by atoms with van der Waals surface area (Å²) >= 11 is 0. The second-order valence-corrected chi connectivity index (χ2v) is 9.85. The predicted octanol–water partition coefficient (Wildman–Crippen LogP) is 1.83. The van der Waals surface area contributed by atoms with E-state index in [1.54, 1.807) is 0 Å². The van der Waals surface area contributed by atoms with Crippen molar-refractivity contribution in [3.63, 3.8) is 0 Å². The maximum absolute atomic E-state index is 13.0. The highest BCUT2D eigenvalue weighted by atomic mass is 16.2. The SMILES string of the molecule is CCC(=O)CCCCC[C@H](NC(=O)CN1CCN(C)CC1)C(=O)NCCN1CCc2ccccc21. The largest absolute Gasteiger partial charge is 0.369 e. The van der Waals surface area contributed by atoms with Crippen LogP contribution >= 0.6 is 0 Å². The Morgan fingerprint density at radius 3 is 2.54 bits per heavy atom. The van der Waals surface area contributed by atoms with Crippen LogP contribution in [0.15, 0.2) is 24.3 Å². The van der Waals surface area contributed by atoms with E-state index in [9.17, 15) is 14.4 Å². The van der Waals surface area contributed by atoms with E-state index in [-0.39, 0.29) is 17.6 Å². The zero-order valence-electron chi connectivity index (χ0n) is 21.6. The van der Waals surface area contributed by atoms with Gasteiger partial charge in [0.25, 0.3) is 0 Å². The van der Waals surface area contributed by atoms with E-state index in [2.05, 4.69) is 56.6 Å². The number of ketones is 1. The van der Waals surface area contributed by atoms with Crippen LogP contribution < -0.4 is 15.5 Å². The molecule has 2 N–H and O–H groups in total. The minimum Gasteiger partial charge on any atom is -0.369 e. The van der Waals surface area contributed by atoms with Crippen LogP contribution in [0.1, 0.15) is 51.0 Å². The molecule has 2 heterocycles. The molecule has 0 bridgehead atoms. The molecule has 0 radical (unpaired) electrons. The minimum absolute atomic E-state index is 0.0932. The van der Waals surface area contributed by atoms with Crippen LogP contribution in [0.2, 0.25) is 0 Å². The van der Waals surface area contributed by atoms with Crippen molar-refractivity contribution < 1.29 is 14.4 Å². The third kappa shape index (κ3) is 8.93. The Kier molecular flexibility index (Phi) is 11.0. The third-order valence-electron chi connectivity index (χ3n) is 7.12. The first-order valence-electron chi connectivity index (χ1n) is 13.3. The molecule has 0 aromatic heterocycles. The van der Waals surface area contributed by atoms with E-state index in [4.69, 9.17) is 0 Å². The number of piperazine rings is 1. The van der Waals surface area contributed by atoms with Crippen molar-refractivity contribution in [2.45, 2.75) is 57.9 Å². The highest BCUT2D eigenvalue weighted by molar-refractivity contribution is 5.88. The van der Waals surface area contributed by atoms with Gasteiger partial charge in [-0.05, 0) is 37.9 Å². The summed E-state index contributed by atoms with van der Waals surface area (Å²) in [5, 5.41) is 6.05. The normalized spacial score (nSPS) is 17.1. The molecule has 1 aromatic carbocycles. The molecule has 3 rings (SSSR count). The summed E-state index contributed by atoms with van der Waals surface area (Å²) in [6.45, 7) is 8.12. The van der Waals surface area contributed by atoms with Gasteiger partial charge < -0.3 is 20.4 Å². The van der Waals surface area contributed by atoms with Gasteiger partial charge in [-0.25, -0.2) is 0 Å². The molecule has 194 valence electrons. The fourth-order valence-corrected chi connectivity index (χ4v) is 4.82. The van der Waals surface area contributed by atoms with Crippen molar-refractivity contribution in [1.82, 2.24) is 20.4 Å². The highest BCUT2D eigenvalue weighted by Crippen LogP contribution is 2.26. The first-order chi connectivity index (χ1) is 17.0. The molecule has 2 amide bonds. The van der Waals surface area contributed by atoms with Crippen molar-refractivity contribution in [3.8, 4) is 0 Å². The van der Waals surface area contributed by atoms with Crippen molar-refractivity contribution in [2.24, 2.45) is 0 Å². The smallest absolute Gasteiger partial charge is 0.242 e. The number of para-hydroxylation sites is 1. The van der Waals surface area contributed by atoms with E-state index < -0.39 is 6.04 Å². The Balaban J connectivity index is 1.46. The lowest BCUT2D eigenvalue weighted by molar-refractivity contribution is -0.129. The highest BCUT2D eigenvalue weighted by Gasteiger charge is 2.24. The van der Waals surface area contributed by atoms with E-state index in [0.29, 0.717) is 32.4 Å². The van der Waals surface area contributed by atoms with Crippen molar-refractivity contribution in [2.75, 3.05) is 64.3 Å². The molecule has 1 atom stereocenters. The minimum atomic E-state index is -0.539. The van der Waals surface area contributed by atoms with Gasteiger partial charge in [0.2, 0.25) is 11.8 Å². The number of rotatable bonds is 14. The topological polar surface area (TPSA) is 85.0 Å². The number of likely N-dealkylation sites (N-methyl/N-ethyl adjacent to an activating group) is 1. The van der Waals surface area contributed by atoms with Crippen molar-refractivity contribution >= 4 is 23.3 Å². The number of hydrogen-bond donors (Lipinski definition) is 2. The number of hydrogen-bond acceptors (Lipinski definition) is 6. The predicted molar refractivity (Wildman–Crippen MR) is 140 cm³/mol. The van der Waals surface area contributed by atoms with Gasteiger partial charge in [0, 0.05) is 64.3 Å². The molecule has 35 heavy (non-hydrogen) atoms. The Labute approximate surface area is 210 Å². The molecular weight excluding hydrogens is 442 g/mol. The average molecular weight is 486 g/mol. The average Bonchev–Trinajstić information content (AvgIpc) is 3.27. The quantitative estimate of drug-likeness (QED) is 0.391. The van der Waals surface area contributed by atoms with Crippen LogP contribution in [0.25, 0.3) is 0 Å². The molecule has 1 aromatic rings. The van der Waals surface area contributed by atoms with E-state index in [1.807, 2.05) is 6.92 Å². The number of Topliss-reactive ketones (excluding diaryl/α,β-unsaturated/α-hetero) is 1. The Bertz CT molecular complexity index is 838. The molecule has 0 aliphatic carbocycles. The third-order valence-corrected chi connectivity index (χ3v) is 7.12. The molecular formula is C27H43N5O3. The van der Waals surface area contributed by atoms with Crippen LogP contribution in [-0.2, 0) is 20.8 Å². The zero-order chi connectivity index (χ0) is 25.0. The van der Waals surface area contributed by atoms with Crippen molar-refractivity contribution in [1.29, 1.82) is 0 Å². The van der Waals surface area contributed by atoms with Crippen LogP contribution in [0.3, 0.4) is 0 Å². The maximum atomic E-state index is 13.0. The Morgan fingerprint density at radius 2 is 1.77 bits per heavy atom. The van der Waals surface area contributed by atoms with Crippen LogP contribution in [-0.4, -0.2) is 92.8 Å². The van der Waals surface area contributed by atoms with Crippen LogP contribution in [0, 0.1) is 0 Å². The molecule has 8 heteroatoms. The first kappa shape index (κ1) is 27.1. The molecule has 2 aliphatic heterocycles. The summed E-state index contributed by atoms with van der Waals surface area (Å²) in [7, 11) is 2.09. The molecule has 2 aliphatic rings. The molecule has 0 unspecified atom stereocenters. The van der Waals surface area contributed by atoms with Gasteiger partial charge in [-0.1, -0.05) is 38.0 Å². The van der Waals surface area contributed by atoms with Gasteiger partial charge >= 0.3 is 0 Å². The molecule has 1 saturated heterocycles. The fourth-order valence-electron chi connectivity index (χ4n) is 4.82. The van der Waals surface area contributed by atoms with Gasteiger partial charge in [-0.3, -0.25) is 19.3 Å². The van der Waals surface area contributed by atoms with E-state index >= 15 is 0 Å². The van der Waals surface area contributed by atoms with Gasteiger partial charge in [-0.15, -0.1) is 0 Å².